The van der Waals surface area contributed by atoms with E-state index in [0.29, 0.717) is 24.6 Å². The Labute approximate surface area is 154 Å². The van der Waals surface area contributed by atoms with Crippen LogP contribution in [0.3, 0.4) is 0 Å². The van der Waals surface area contributed by atoms with Gasteiger partial charge in [-0.1, -0.05) is 18.6 Å². The molecule has 2 bridgehead atoms. The normalized spacial score (nSPS) is 29.7. The molecule has 3 aliphatic rings. The van der Waals surface area contributed by atoms with E-state index in [1.54, 1.807) is 0 Å². The molecule has 1 saturated heterocycles. The topological polar surface area (TPSA) is 67.4 Å². The van der Waals surface area contributed by atoms with Crippen molar-refractivity contribution in [3.63, 3.8) is 0 Å². The molecule has 1 aliphatic heterocycles. The zero-order valence-electron chi connectivity index (χ0n) is 15.2. The van der Waals surface area contributed by atoms with Gasteiger partial charge in [-0.05, 0) is 61.6 Å². The number of fused-ring (bicyclic) bond motifs is 2. The van der Waals surface area contributed by atoms with Crippen LogP contribution in [-0.2, 0) is 16.1 Å². The molecule has 5 heteroatoms. The average Bonchev–Trinajstić information content (AvgIpc) is 3.42. The van der Waals surface area contributed by atoms with Gasteiger partial charge in [0.1, 0.15) is 0 Å². The van der Waals surface area contributed by atoms with E-state index < -0.39 is 0 Å². The van der Waals surface area contributed by atoms with Crippen LogP contribution in [-0.4, -0.2) is 31.1 Å². The number of ether oxygens (including phenoxy) is 1. The smallest absolute Gasteiger partial charge is 0.251 e. The van der Waals surface area contributed by atoms with Crippen LogP contribution < -0.4 is 10.6 Å². The van der Waals surface area contributed by atoms with Gasteiger partial charge < -0.3 is 15.4 Å². The molecule has 4 rings (SSSR count). The maximum Gasteiger partial charge on any atom is 0.251 e. The van der Waals surface area contributed by atoms with E-state index in [9.17, 15) is 9.59 Å². The minimum absolute atomic E-state index is 0.0817. The van der Waals surface area contributed by atoms with Crippen molar-refractivity contribution in [2.45, 2.75) is 51.2 Å². The predicted octanol–water partition coefficient (Wildman–Crippen LogP) is 2.65. The van der Waals surface area contributed by atoms with Crippen LogP contribution >= 0.6 is 0 Å². The first-order valence-electron chi connectivity index (χ1n) is 9.95. The van der Waals surface area contributed by atoms with E-state index in [-0.39, 0.29) is 23.8 Å². The Morgan fingerprint density at radius 3 is 2.77 bits per heavy atom. The van der Waals surface area contributed by atoms with Crippen molar-refractivity contribution in [3.8, 4) is 0 Å². The number of rotatable bonds is 6. The molecule has 1 aromatic rings. The number of nitrogens with one attached hydrogen (secondary N) is 2. The molecule has 5 nitrogen and oxygen atoms in total. The fraction of sp³-hybridized carbons (Fsp3) is 0.619. The lowest BCUT2D eigenvalue weighted by molar-refractivity contribution is -0.126. The summed E-state index contributed by atoms with van der Waals surface area (Å²) in [6.07, 6.45) is 7.03. The summed E-state index contributed by atoms with van der Waals surface area (Å²) in [5, 5.41) is 6.02. The Morgan fingerprint density at radius 2 is 2.04 bits per heavy atom. The lowest BCUT2D eigenvalue weighted by atomic mass is 9.88. The second kappa shape index (κ2) is 7.78. The Hall–Kier alpha value is -1.88. The Kier molecular flexibility index (Phi) is 5.25. The molecule has 0 aromatic heterocycles. The van der Waals surface area contributed by atoms with Crippen molar-refractivity contribution >= 4 is 11.8 Å². The number of benzene rings is 1. The predicted molar refractivity (Wildman–Crippen MR) is 98.5 cm³/mol. The second-order valence-electron chi connectivity index (χ2n) is 8.04. The maximum atomic E-state index is 12.5. The third-order valence-corrected chi connectivity index (χ3v) is 6.25. The molecule has 140 valence electrons. The standard InChI is InChI=1S/C21H28N2O3/c24-20(23-13-18-5-2-8-26-18)17-4-1-3-15(10-17)12-22-21(25)19-11-14-6-7-16(19)9-14/h1,3-4,10,14,16,18-19H,2,5-9,11-13H2,(H,22,25)(H,23,24). The molecule has 0 spiro atoms. The van der Waals surface area contributed by atoms with Gasteiger partial charge in [-0.25, -0.2) is 0 Å². The average molecular weight is 356 g/mol. The minimum Gasteiger partial charge on any atom is -0.376 e. The molecule has 2 N–H and O–H groups in total. The van der Waals surface area contributed by atoms with Gasteiger partial charge in [-0.3, -0.25) is 9.59 Å². The number of hydrogen-bond acceptors (Lipinski definition) is 3. The minimum atomic E-state index is -0.0817. The Bertz CT molecular complexity index is 669. The van der Waals surface area contributed by atoms with Gasteiger partial charge in [0.05, 0.1) is 6.10 Å². The van der Waals surface area contributed by atoms with E-state index in [2.05, 4.69) is 10.6 Å². The molecule has 26 heavy (non-hydrogen) atoms. The summed E-state index contributed by atoms with van der Waals surface area (Å²) in [6, 6.07) is 7.51. The summed E-state index contributed by atoms with van der Waals surface area (Å²) >= 11 is 0. The van der Waals surface area contributed by atoms with Gasteiger partial charge in [0.25, 0.3) is 5.91 Å². The van der Waals surface area contributed by atoms with Crippen molar-refractivity contribution in [2.75, 3.05) is 13.2 Å². The molecule has 2 saturated carbocycles. The highest BCUT2D eigenvalue weighted by molar-refractivity contribution is 5.94. The second-order valence-corrected chi connectivity index (χ2v) is 8.04. The monoisotopic (exact) mass is 356 g/mol. The van der Waals surface area contributed by atoms with Crippen LogP contribution in [0.1, 0.15) is 54.4 Å². The summed E-state index contributed by atoms with van der Waals surface area (Å²) < 4.78 is 5.54. The third kappa shape index (κ3) is 3.93. The first-order valence-corrected chi connectivity index (χ1v) is 9.95. The van der Waals surface area contributed by atoms with Gasteiger partial charge in [0.15, 0.2) is 0 Å². The van der Waals surface area contributed by atoms with Crippen LogP contribution in [0.4, 0.5) is 0 Å². The molecular formula is C21H28N2O3. The summed E-state index contributed by atoms with van der Waals surface area (Å²) in [5.74, 6) is 1.67. The largest absolute Gasteiger partial charge is 0.376 e. The van der Waals surface area contributed by atoms with Crippen LogP contribution in [0, 0.1) is 17.8 Å². The van der Waals surface area contributed by atoms with Gasteiger partial charge >= 0.3 is 0 Å². The number of amides is 2. The SMILES string of the molecule is O=C(NCC1CCCO1)c1cccc(CNC(=O)C2CC3CCC2C3)c1. The van der Waals surface area contributed by atoms with Crippen LogP contribution in [0.2, 0.25) is 0 Å². The summed E-state index contributed by atoms with van der Waals surface area (Å²) in [5.41, 5.74) is 1.60. The molecule has 1 heterocycles. The lowest BCUT2D eigenvalue weighted by Gasteiger charge is -2.20. The van der Waals surface area contributed by atoms with Gasteiger partial charge in [-0.15, -0.1) is 0 Å². The number of carbonyl (C=O) groups is 2. The molecule has 2 aliphatic carbocycles. The van der Waals surface area contributed by atoms with Crippen LogP contribution in [0.25, 0.3) is 0 Å². The molecule has 3 fully saturated rings. The third-order valence-electron chi connectivity index (χ3n) is 6.25. The fourth-order valence-electron chi connectivity index (χ4n) is 4.82. The van der Waals surface area contributed by atoms with Crippen molar-refractivity contribution < 1.29 is 14.3 Å². The number of carbonyl (C=O) groups excluding carboxylic acids is 2. The summed E-state index contributed by atoms with van der Waals surface area (Å²) in [7, 11) is 0. The molecular weight excluding hydrogens is 328 g/mol. The first-order chi connectivity index (χ1) is 12.7. The van der Waals surface area contributed by atoms with Gasteiger partial charge in [-0.2, -0.15) is 0 Å². The van der Waals surface area contributed by atoms with E-state index >= 15 is 0 Å². The summed E-state index contributed by atoms with van der Waals surface area (Å²) in [6.45, 7) is 1.84. The van der Waals surface area contributed by atoms with Gasteiger partial charge in [0.2, 0.25) is 5.91 Å². The fourth-order valence-corrected chi connectivity index (χ4v) is 4.82. The highest BCUT2D eigenvalue weighted by Gasteiger charge is 2.42. The van der Waals surface area contributed by atoms with E-state index in [1.807, 2.05) is 24.3 Å². The van der Waals surface area contributed by atoms with Gasteiger partial charge in [0, 0.05) is 31.2 Å². The van der Waals surface area contributed by atoms with E-state index in [1.165, 1.54) is 19.3 Å². The Balaban J connectivity index is 1.28. The molecule has 1 aromatic carbocycles. The van der Waals surface area contributed by atoms with E-state index in [0.717, 1.165) is 37.4 Å². The van der Waals surface area contributed by atoms with Crippen molar-refractivity contribution in [1.82, 2.24) is 10.6 Å². The zero-order valence-corrected chi connectivity index (χ0v) is 15.2. The van der Waals surface area contributed by atoms with Crippen molar-refractivity contribution in [3.05, 3.63) is 35.4 Å². The van der Waals surface area contributed by atoms with Crippen molar-refractivity contribution in [2.24, 2.45) is 17.8 Å². The van der Waals surface area contributed by atoms with Crippen LogP contribution in [0.15, 0.2) is 24.3 Å². The molecule has 0 radical (unpaired) electrons. The lowest BCUT2D eigenvalue weighted by Crippen LogP contribution is -2.33. The number of hydrogen-bond donors (Lipinski definition) is 2. The highest BCUT2D eigenvalue weighted by atomic mass is 16.5. The molecule has 4 unspecified atom stereocenters. The Morgan fingerprint density at radius 1 is 1.12 bits per heavy atom. The maximum absolute atomic E-state index is 12.5. The molecule has 2 amide bonds. The quantitative estimate of drug-likeness (QED) is 0.823. The molecule has 4 atom stereocenters. The van der Waals surface area contributed by atoms with E-state index in [4.69, 9.17) is 4.74 Å². The zero-order chi connectivity index (χ0) is 17.9. The van der Waals surface area contributed by atoms with Crippen molar-refractivity contribution in [1.29, 1.82) is 0 Å². The first kappa shape index (κ1) is 17.5. The van der Waals surface area contributed by atoms with Crippen LogP contribution in [0.5, 0.6) is 0 Å². The highest BCUT2D eigenvalue weighted by Crippen LogP contribution is 2.48. The summed E-state index contributed by atoms with van der Waals surface area (Å²) in [4.78, 5) is 24.8.